The van der Waals surface area contributed by atoms with Crippen molar-refractivity contribution >= 4 is 17.6 Å². The highest BCUT2D eigenvalue weighted by molar-refractivity contribution is 5.99. The lowest BCUT2D eigenvalue weighted by Crippen LogP contribution is -2.61. The molecule has 5 rings (SSSR count). The average molecular weight is 618 g/mol. The van der Waals surface area contributed by atoms with Crippen LogP contribution in [0.5, 0.6) is 5.75 Å². The Labute approximate surface area is 256 Å². The van der Waals surface area contributed by atoms with E-state index in [0.29, 0.717) is 55.1 Å². The summed E-state index contributed by atoms with van der Waals surface area (Å²) >= 11 is 0. The van der Waals surface area contributed by atoms with Gasteiger partial charge >= 0.3 is 12.2 Å². The number of pyridine rings is 2. The van der Waals surface area contributed by atoms with Gasteiger partial charge in [-0.15, -0.1) is 0 Å². The van der Waals surface area contributed by atoms with Crippen molar-refractivity contribution in [1.29, 1.82) is 0 Å². The fraction of sp³-hybridized carbons (Fsp3) is 0.613. The molecule has 0 radical (unpaired) electrons. The third-order valence-corrected chi connectivity index (χ3v) is 8.80. The first-order chi connectivity index (χ1) is 21.1. The highest BCUT2D eigenvalue weighted by atomic mass is 19.4. The Balaban J connectivity index is 1.47. The number of urea groups is 1. The Kier molecular flexibility index (Phi) is 9.81. The molecule has 1 N–H and O–H groups in total. The summed E-state index contributed by atoms with van der Waals surface area (Å²) in [4.78, 5) is 43.2. The average Bonchev–Trinajstić information content (AvgIpc) is 3.44. The largest absolute Gasteiger partial charge is 0.492 e. The lowest BCUT2D eigenvalue weighted by molar-refractivity contribution is -0.183. The van der Waals surface area contributed by atoms with Gasteiger partial charge in [-0.2, -0.15) is 13.2 Å². The molecular weight excluding hydrogens is 575 g/mol. The number of anilines is 1. The summed E-state index contributed by atoms with van der Waals surface area (Å²) in [7, 11) is 2.01. The number of rotatable bonds is 7. The highest BCUT2D eigenvalue weighted by Gasteiger charge is 2.48. The van der Waals surface area contributed by atoms with Crippen LogP contribution in [0.15, 0.2) is 30.6 Å². The summed E-state index contributed by atoms with van der Waals surface area (Å²) in [6.07, 6.45) is 1.24. The van der Waals surface area contributed by atoms with E-state index in [1.165, 1.54) is 4.90 Å². The van der Waals surface area contributed by atoms with Crippen molar-refractivity contribution < 1.29 is 27.5 Å². The number of hydrogen-bond donors (Lipinski definition) is 1. The zero-order chi connectivity index (χ0) is 31.4. The zero-order valence-corrected chi connectivity index (χ0v) is 25.6. The van der Waals surface area contributed by atoms with Crippen LogP contribution in [0.4, 0.5) is 23.7 Å². The van der Waals surface area contributed by atoms with Crippen molar-refractivity contribution in [3.05, 3.63) is 36.3 Å². The second-order valence-corrected chi connectivity index (χ2v) is 11.8. The molecule has 5 heterocycles. The first kappa shape index (κ1) is 31.8. The van der Waals surface area contributed by atoms with E-state index in [1.54, 1.807) is 18.5 Å². The van der Waals surface area contributed by atoms with E-state index in [9.17, 15) is 22.8 Å². The van der Waals surface area contributed by atoms with Crippen LogP contribution in [-0.4, -0.2) is 114 Å². The second kappa shape index (κ2) is 13.6. The molecule has 3 aliphatic heterocycles. The molecule has 0 saturated carbocycles. The van der Waals surface area contributed by atoms with Crippen molar-refractivity contribution in [3.63, 3.8) is 0 Å². The van der Waals surface area contributed by atoms with Crippen LogP contribution in [-0.2, 0) is 0 Å². The monoisotopic (exact) mass is 617 g/mol. The van der Waals surface area contributed by atoms with Gasteiger partial charge in [0, 0.05) is 68.8 Å². The van der Waals surface area contributed by atoms with E-state index in [1.807, 2.05) is 33.0 Å². The van der Waals surface area contributed by atoms with Gasteiger partial charge in [0.15, 0.2) is 5.69 Å². The SMILES string of the molecule is CCOc1cc(N2CCN(C(=O)N3CCCC[C@H]3C(F)(F)F)C[C@H]2CC)c(C(=O)N[C@H]2CCN(C)C2)nc1-c1cccnc1. The van der Waals surface area contributed by atoms with Gasteiger partial charge in [-0.05, 0) is 64.8 Å². The molecule has 2 aromatic rings. The maximum absolute atomic E-state index is 13.9. The van der Waals surface area contributed by atoms with E-state index in [4.69, 9.17) is 9.72 Å². The highest BCUT2D eigenvalue weighted by Crippen LogP contribution is 2.37. The summed E-state index contributed by atoms with van der Waals surface area (Å²) in [5.74, 6) is 0.200. The van der Waals surface area contributed by atoms with E-state index >= 15 is 0 Å². The Morgan fingerprint density at radius 1 is 1.09 bits per heavy atom. The smallest absolute Gasteiger partial charge is 0.408 e. The van der Waals surface area contributed by atoms with E-state index in [-0.39, 0.29) is 49.7 Å². The van der Waals surface area contributed by atoms with Gasteiger partial charge in [0.05, 0.1) is 12.3 Å². The molecule has 44 heavy (non-hydrogen) atoms. The molecule has 0 aliphatic carbocycles. The number of aromatic nitrogens is 2. The predicted molar refractivity (Wildman–Crippen MR) is 161 cm³/mol. The minimum atomic E-state index is -4.46. The molecule has 0 unspecified atom stereocenters. The number of piperazine rings is 1. The van der Waals surface area contributed by atoms with E-state index in [2.05, 4.69) is 20.1 Å². The molecule has 10 nitrogen and oxygen atoms in total. The molecule has 0 bridgehead atoms. The van der Waals surface area contributed by atoms with Crippen LogP contribution in [0.1, 0.15) is 56.4 Å². The number of halogens is 3. The van der Waals surface area contributed by atoms with Crippen molar-refractivity contribution in [2.24, 2.45) is 0 Å². The summed E-state index contributed by atoms with van der Waals surface area (Å²) in [5, 5.41) is 3.15. The molecule has 3 fully saturated rings. The van der Waals surface area contributed by atoms with Gasteiger partial charge in [-0.25, -0.2) is 9.78 Å². The molecule has 3 amide bonds. The number of carbonyl (C=O) groups excluding carboxylic acids is 2. The Morgan fingerprint density at radius 2 is 1.91 bits per heavy atom. The zero-order valence-electron chi connectivity index (χ0n) is 25.6. The Hall–Kier alpha value is -3.61. The number of carbonyl (C=O) groups is 2. The third kappa shape index (κ3) is 6.87. The lowest BCUT2D eigenvalue weighted by Gasteiger charge is -2.46. The molecule has 0 aromatic carbocycles. The third-order valence-electron chi connectivity index (χ3n) is 8.80. The summed E-state index contributed by atoms with van der Waals surface area (Å²) in [5.41, 5.74) is 2.03. The molecule has 0 spiro atoms. The summed E-state index contributed by atoms with van der Waals surface area (Å²) < 4.78 is 47.4. The number of likely N-dealkylation sites (N-methyl/N-ethyl adjacent to an activating group) is 1. The summed E-state index contributed by atoms with van der Waals surface area (Å²) in [6.45, 7) is 6.73. The molecule has 3 atom stereocenters. The van der Waals surface area contributed by atoms with Gasteiger partial charge in [-0.3, -0.25) is 9.78 Å². The van der Waals surface area contributed by atoms with Crippen LogP contribution in [0, 0.1) is 0 Å². The van der Waals surface area contributed by atoms with Gasteiger partial charge < -0.3 is 29.7 Å². The van der Waals surface area contributed by atoms with Gasteiger partial charge in [0.25, 0.3) is 5.91 Å². The number of hydrogen-bond acceptors (Lipinski definition) is 7. The van der Waals surface area contributed by atoms with Gasteiger partial charge in [-0.1, -0.05) is 6.92 Å². The molecular formula is C31H42F3N7O3. The van der Waals surface area contributed by atoms with E-state index in [0.717, 1.165) is 24.4 Å². The van der Waals surface area contributed by atoms with Crippen molar-refractivity contribution in [3.8, 4) is 17.0 Å². The van der Waals surface area contributed by atoms with Crippen molar-refractivity contribution in [2.45, 2.75) is 70.3 Å². The van der Waals surface area contributed by atoms with Crippen molar-refractivity contribution in [1.82, 2.24) is 30.0 Å². The number of nitrogens with one attached hydrogen (secondary N) is 1. The van der Waals surface area contributed by atoms with Gasteiger partial charge in [0.1, 0.15) is 17.5 Å². The second-order valence-electron chi connectivity index (χ2n) is 11.8. The first-order valence-corrected chi connectivity index (χ1v) is 15.6. The fourth-order valence-electron chi connectivity index (χ4n) is 6.53. The van der Waals surface area contributed by atoms with Crippen molar-refractivity contribution in [2.75, 3.05) is 57.8 Å². The number of amides is 3. The minimum Gasteiger partial charge on any atom is -0.492 e. The topological polar surface area (TPSA) is 94.1 Å². The number of nitrogens with zero attached hydrogens (tertiary/aromatic N) is 6. The molecule has 2 aromatic heterocycles. The maximum Gasteiger partial charge on any atom is 0.408 e. The van der Waals surface area contributed by atoms with E-state index < -0.39 is 18.2 Å². The van der Waals surface area contributed by atoms with Crippen LogP contribution >= 0.6 is 0 Å². The standard InChI is InChI=1S/C31H42F3N7O3/c1-4-23-20-39(30(43)41-13-7-6-10-26(41)31(32,33)34)15-16-40(23)24-17-25(44-5-2)27(21-9-8-12-35-18-21)37-28(24)29(42)36-22-11-14-38(3)19-22/h8-9,12,17-18,22-23,26H,4-7,10-11,13-16,19-20H2,1-3H3,(H,36,42)/t22-,23+,26-/m0/s1. The number of alkyl halides is 3. The fourth-order valence-corrected chi connectivity index (χ4v) is 6.53. The number of piperidine rings is 1. The molecule has 13 heteroatoms. The van der Waals surface area contributed by atoms with Crippen LogP contribution in [0.3, 0.4) is 0 Å². The van der Waals surface area contributed by atoms with Gasteiger partial charge in [0.2, 0.25) is 0 Å². The summed E-state index contributed by atoms with van der Waals surface area (Å²) in [6, 6.07) is 2.89. The van der Waals surface area contributed by atoms with Crippen LogP contribution in [0.2, 0.25) is 0 Å². The Morgan fingerprint density at radius 3 is 2.57 bits per heavy atom. The maximum atomic E-state index is 13.9. The lowest BCUT2D eigenvalue weighted by atomic mass is 10.0. The molecule has 240 valence electrons. The normalized spacial score (nSPS) is 23.1. The molecule has 3 saturated heterocycles. The Bertz CT molecular complexity index is 1310. The molecule has 3 aliphatic rings. The number of likely N-dealkylation sites (tertiary alicyclic amines) is 2. The minimum absolute atomic E-state index is 0.0156. The predicted octanol–water partition coefficient (Wildman–Crippen LogP) is 4.41. The number of ether oxygens (including phenoxy) is 1. The van der Waals surface area contributed by atoms with Crippen LogP contribution < -0.4 is 15.0 Å². The van der Waals surface area contributed by atoms with Crippen LogP contribution in [0.25, 0.3) is 11.3 Å². The quantitative estimate of drug-likeness (QED) is 0.492. The first-order valence-electron chi connectivity index (χ1n) is 15.6.